The Bertz CT molecular complexity index is 766. The topological polar surface area (TPSA) is 55.4 Å². The van der Waals surface area contributed by atoms with Crippen molar-refractivity contribution >= 4 is 35.2 Å². The van der Waals surface area contributed by atoms with Crippen LogP contribution in [0.25, 0.3) is 0 Å². The second-order valence-electron chi connectivity index (χ2n) is 5.90. The Labute approximate surface area is 163 Å². The molecule has 2 aromatic carbocycles. The molecular formula is C20H22ClNO3S. The molecule has 4 nitrogen and oxygen atoms in total. The number of benzene rings is 2. The molecule has 0 saturated heterocycles. The molecule has 0 spiro atoms. The highest BCUT2D eigenvalue weighted by atomic mass is 35.5. The van der Waals surface area contributed by atoms with Gasteiger partial charge in [0.25, 0.3) is 0 Å². The molecule has 0 aromatic heterocycles. The van der Waals surface area contributed by atoms with Crippen LogP contribution in [0.1, 0.15) is 29.2 Å². The number of thioether (sulfide) groups is 1. The van der Waals surface area contributed by atoms with Gasteiger partial charge < -0.3 is 10.1 Å². The predicted octanol–water partition coefficient (Wildman–Crippen LogP) is 4.30. The molecule has 0 fully saturated rings. The van der Waals surface area contributed by atoms with Crippen molar-refractivity contribution in [3.05, 3.63) is 70.2 Å². The van der Waals surface area contributed by atoms with Crippen molar-refractivity contribution in [3.63, 3.8) is 0 Å². The van der Waals surface area contributed by atoms with Crippen LogP contribution in [-0.4, -0.2) is 24.7 Å². The van der Waals surface area contributed by atoms with Crippen molar-refractivity contribution in [1.29, 1.82) is 0 Å². The lowest BCUT2D eigenvalue weighted by Gasteiger charge is -2.19. The number of aryl methyl sites for hydroxylation is 1. The Balaban J connectivity index is 1.95. The zero-order valence-corrected chi connectivity index (χ0v) is 16.4. The number of hydrogen-bond acceptors (Lipinski definition) is 4. The molecular weight excluding hydrogens is 370 g/mol. The summed E-state index contributed by atoms with van der Waals surface area (Å²) in [6.07, 6.45) is 0.0362. The summed E-state index contributed by atoms with van der Waals surface area (Å²) in [5.41, 5.74) is 3.08. The summed E-state index contributed by atoms with van der Waals surface area (Å²) in [5.74, 6) is 0.512. The lowest BCUT2D eigenvalue weighted by molar-refractivity contribution is -0.141. The van der Waals surface area contributed by atoms with Gasteiger partial charge in [0.2, 0.25) is 5.91 Å². The third-order valence-electron chi connectivity index (χ3n) is 3.80. The van der Waals surface area contributed by atoms with E-state index in [4.69, 9.17) is 16.3 Å². The highest BCUT2D eigenvalue weighted by molar-refractivity contribution is 7.99. The van der Waals surface area contributed by atoms with Gasteiger partial charge in [0.05, 0.1) is 25.3 Å². The minimum absolute atomic E-state index is 0.0362. The van der Waals surface area contributed by atoms with Gasteiger partial charge in [-0.2, -0.15) is 0 Å². The molecule has 0 aliphatic rings. The van der Waals surface area contributed by atoms with E-state index < -0.39 is 12.0 Å². The normalized spacial score (nSPS) is 11.7. The molecule has 138 valence electrons. The molecule has 0 saturated carbocycles. The van der Waals surface area contributed by atoms with Gasteiger partial charge in [-0.25, -0.2) is 0 Å². The molecule has 1 amide bonds. The first-order valence-corrected chi connectivity index (χ1v) is 9.76. The van der Waals surface area contributed by atoms with Crippen LogP contribution in [0.5, 0.6) is 0 Å². The van der Waals surface area contributed by atoms with E-state index in [9.17, 15) is 9.59 Å². The van der Waals surface area contributed by atoms with Crippen molar-refractivity contribution in [2.75, 3.05) is 12.9 Å². The quantitative estimate of drug-likeness (QED) is 0.681. The maximum Gasteiger partial charge on any atom is 0.307 e. The molecule has 6 heteroatoms. The van der Waals surface area contributed by atoms with E-state index in [0.717, 1.165) is 5.75 Å². The summed E-state index contributed by atoms with van der Waals surface area (Å²) in [5, 5.41) is 3.40. The van der Waals surface area contributed by atoms with E-state index in [2.05, 4.69) is 11.4 Å². The van der Waals surface area contributed by atoms with Crippen LogP contribution in [0.15, 0.2) is 48.5 Å². The first-order valence-electron chi connectivity index (χ1n) is 8.23. The van der Waals surface area contributed by atoms with Crippen LogP contribution < -0.4 is 5.32 Å². The number of rotatable bonds is 8. The fraction of sp³-hybridized carbons (Fsp3) is 0.300. The maximum absolute atomic E-state index is 12.3. The monoisotopic (exact) mass is 391 g/mol. The van der Waals surface area contributed by atoms with Crippen molar-refractivity contribution in [3.8, 4) is 0 Å². The van der Waals surface area contributed by atoms with Gasteiger partial charge in [-0.3, -0.25) is 9.59 Å². The van der Waals surface area contributed by atoms with Crippen LogP contribution >= 0.6 is 23.4 Å². The maximum atomic E-state index is 12.3. The largest absolute Gasteiger partial charge is 0.469 e. The van der Waals surface area contributed by atoms with E-state index in [1.165, 1.54) is 30.0 Å². The van der Waals surface area contributed by atoms with Gasteiger partial charge in [0.15, 0.2) is 0 Å². The summed E-state index contributed by atoms with van der Waals surface area (Å²) in [6, 6.07) is 14.9. The van der Waals surface area contributed by atoms with Gasteiger partial charge in [0, 0.05) is 10.8 Å². The van der Waals surface area contributed by atoms with Gasteiger partial charge in [-0.05, 0) is 24.1 Å². The van der Waals surface area contributed by atoms with Crippen LogP contribution in [0.4, 0.5) is 0 Å². The van der Waals surface area contributed by atoms with Crippen molar-refractivity contribution < 1.29 is 14.3 Å². The summed E-state index contributed by atoms with van der Waals surface area (Å²) in [6.45, 7) is 2.04. The molecule has 26 heavy (non-hydrogen) atoms. The standard InChI is InChI=1S/C20H22ClNO3S/c1-14-6-5-7-15(10-14)12-26-13-19(23)22-18(11-20(24)25-2)16-8-3-4-9-17(16)21/h3-10,18H,11-13H2,1-2H3,(H,22,23)/t18-/m1/s1. The fourth-order valence-corrected chi connectivity index (χ4v) is 3.60. The predicted molar refractivity (Wildman–Crippen MR) is 106 cm³/mol. The van der Waals surface area contributed by atoms with E-state index in [-0.39, 0.29) is 12.3 Å². The average Bonchev–Trinajstić information content (AvgIpc) is 2.61. The highest BCUT2D eigenvalue weighted by Crippen LogP contribution is 2.25. The molecule has 0 aliphatic carbocycles. The first-order chi connectivity index (χ1) is 12.5. The SMILES string of the molecule is COC(=O)C[C@@H](NC(=O)CSCc1cccc(C)c1)c1ccccc1Cl. The fourth-order valence-electron chi connectivity index (χ4n) is 2.55. The van der Waals surface area contributed by atoms with Crippen molar-refractivity contribution in [1.82, 2.24) is 5.32 Å². The lowest BCUT2D eigenvalue weighted by atomic mass is 10.0. The van der Waals surface area contributed by atoms with Crippen LogP contribution in [0, 0.1) is 6.92 Å². The number of amides is 1. The Morgan fingerprint density at radius 2 is 1.96 bits per heavy atom. The molecule has 2 rings (SSSR count). The Morgan fingerprint density at radius 1 is 1.19 bits per heavy atom. The Hall–Kier alpha value is -1.98. The average molecular weight is 392 g/mol. The second-order valence-corrected chi connectivity index (χ2v) is 7.30. The number of ether oxygens (including phenoxy) is 1. The third-order valence-corrected chi connectivity index (χ3v) is 5.15. The van der Waals surface area contributed by atoms with E-state index >= 15 is 0 Å². The molecule has 0 unspecified atom stereocenters. The smallest absolute Gasteiger partial charge is 0.307 e. The molecule has 2 aromatic rings. The molecule has 0 bridgehead atoms. The van der Waals surface area contributed by atoms with Crippen molar-refractivity contribution in [2.24, 2.45) is 0 Å². The van der Waals surface area contributed by atoms with Gasteiger partial charge >= 0.3 is 5.97 Å². The minimum atomic E-state index is -0.511. The molecule has 0 radical (unpaired) electrons. The van der Waals surface area contributed by atoms with Crippen LogP contribution in [0.3, 0.4) is 0 Å². The number of nitrogens with one attached hydrogen (secondary N) is 1. The Morgan fingerprint density at radius 3 is 2.65 bits per heavy atom. The van der Waals surface area contributed by atoms with Crippen LogP contribution in [0.2, 0.25) is 5.02 Å². The number of esters is 1. The molecule has 0 heterocycles. The zero-order valence-electron chi connectivity index (χ0n) is 14.8. The third kappa shape index (κ3) is 6.39. The number of halogens is 1. The molecule has 0 aliphatic heterocycles. The van der Waals surface area contributed by atoms with Gasteiger partial charge in [-0.1, -0.05) is 59.6 Å². The number of methoxy groups -OCH3 is 1. The number of hydrogen-bond donors (Lipinski definition) is 1. The zero-order chi connectivity index (χ0) is 18.9. The first kappa shape index (κ1) is 20.3. The highest BCUT2D eigenvalue weighted by Gasteiger charge is 2.21. The lowest BCUT2D eigenvalue weighted by Crippen LogP contribution is -2.32. The second kappa shape index (κ2) is 10.2. The van der Waals surface area contributed by atoms with E-state index in [0.29, 0.717) is 16.3 Å². The molecule has 1 N–H and O–H groups in total. The number of carbonyl (C=O) groups excluding carboxylic acids is 2. The summed E-state index contributed by atoms with van der Waals surface area (Å²) in [7, 11) is 1.32. The minimum Gasteiger partial charge on any atom is -0.469 e. The summed E-state index contributed by atoms with van der Waals surface area (Å²) >= 11 is 7.75. The number of carbonyl (C=O) groups is 2. The Kier molecular flexibility index (Phi) is 8.01. The van der Waals surface area contributed by atoms with Crippen molar-refractivity contribution in [2.45, 2.75) is 25.1 Å². The molecule has 1 atom stereocenters. The van der Waals surface area contributed by atoms with Gasteiger partial charge in [0.1, 0.15) is 0 Å². The van der Waals surface area contributed by atoms with E-state index in [1.54, 1.807) is 18.2 Å². The summed E-state index contributed by atoms with van der Waals surface area (Å²) < 4.78 is 4.74. The summed E-state index contributed by atoms with van der Waals surface area (Å²) in [4.78, 5) is 24.0. The van der Waals surface area contributed by atoms with Crippen LogP contribution in [-0.2, 0) is 20.1 Å². The van der Waals surface area contributed by atoms with E-state index in [1.807, 2.05) is 31.2 Å². The van der Waals surface area contributed by atoms with Gasteiger partial charge in [-0.15, -0.1) is 11.8 Å².